The highest BCUT2D eigenvalue weighted by Gasteiger charge is 2.18. The topological polar surface area (TPSA) is 102 Å². The highest BCUT2D eigenvalue weighted by Crippen LogP contribution is 2.28. The van der Waals surface area contributed by atoms with Crippen molar-refractivity contribution in [2.24, 2.45) is 0 Å². The lowest BCUT2D eigenvalue weighted by Crippen LogP contribution is -2.30. The molecule has 0 saturated heterocycles. The maximum atomic E-state index is 12.9. The molecule has 0 aliphatic carbocycles. The minimum absolute atomic E-state index is 0.0299. The molecule has 0 aliphatic heterocycles. The lowest BCUT2D eigenvalue weighted by atomic mass is 10.2. The van der Waals surface area contributed by atoms with E-state index in [9.17, 15) is 23.2 Å². The molecule has 31 heavy (non-hydrogen) atoms. The van der Waals surface area contributed by atoms with Gasteiger partial charge >= 0.3 is 5.97 Å². The summed E-state index contributed by atoms with van der Waals surface area (Å²) in [5.41, 5.74) is 1.62. The van der Waals surface area contributed by atoms with E-state index in [1.807, 2.05) is 0 Å². The van der Waals surface area contributed by atoms with Gasteiger partial charge in [0.15, 0.2) is 5.16 Å². The van der Waals surface area contributed by atoms with E-state index in [2.05, 4.69) is 20.4 Å². The molecule has 1 heterocycles. The number of alkyl halides is 2. The number of amides is 2. The number of halogens is 2. The second-order valence-electron chi connectivity index (χ2n) is 6.24. The standard InChI is InChI=1S/C20H18F2N4O4S/c1-30-17(28)10-23-18(29)12-5-4-6-13(9-12)24-16(27)11-26-15-8-3-2-7-14(15)25-20(26)31-19(21)22/h2-9,19H,10-11H2,1H3,(H,23,29)(H,24,27). The van der Waals surface area contributed by atoms with Crippen LogP contribution in [0.5, 0.6) is 0 Å². The molecule has 0 fully saturated rings. The van der Waals surface area contributed by atoms with Crippen molar-refractivity contribution in [3.8, 4) is 0 Å². The molecule has 162 valence electrons. The zero-order valence-electron chi connectivity index (χ0n) is 16.3. The Morgan fingerprint density at radius 3 is 2.68 bits per heavy atom. The number of para-hydroxylation sites is 2. The van der Waals surface area contributed by atoms with Gasteiger partial charge in [-0.25, -0.2) is 4.98 Å². The van der Waals surface area contributed by atoms with Crippen LogP contribution in [0.2, 0.25) is 0 Å². The van der Waals surface area contributed by atoms with Gasteiger partial charge in [-0.15, -0.1) is 0 Å². The molecule has 2 N–H and O–H groups in total. The van der Waals surface area contributed by atoms with Crippen LogP contribution < -0.4 is 10.6 Å². The Labute approximate surface area is 180 Å². The van der Waals surface area contributed by atoms with E-state index in [1.165, 1.54) is 23.8 Å². The number of methoxy groups -OCH3 is 1. The number of carbonyl (C=O) groups is 3. The van der Waals surface area contributed by atoms with Gasteiger partial charge in [0.25, 0.3) is 11.7 Å². The van der Waals surface area contributed by atoms with E-state index in [0.717, 1.165) is 0 Å². The largest absolute Gasteiger partial charge is 0.468 e. The first-order chi connectivity index (χ1) is 14.9. The van der Waals surface area contributed by atoms with Gasteiger partial charge in [0.2, 0.25) is 5.91 Å². The molecule has 2 amide bonds. The number of nitrogens with one attached hydrogen (secondary N) is 2. The highest BCUT2D eigenvalue weighted by atomic mass is 32.2. The number of hydrogen-bond acceptors (Lipinski definition) is 6. The number of rotatable bonds is 8. The third kappa shape index (κ3) is 5.79. The van der Waals surface area contributed by atoms with Crippen LogP contribution in [0.25, 0.3) is 11.0 Å². The van der Waals surface area contributed by atoms with Gasteiger partial charge in [-0.2, -0.15) is 8.78 Å². The fourth-order valence-corrected chi connectivity index (χ4v) is 3.39. The Bertz CT molecular complexity index is 1120. The molecule has 0 saturated carbocycles. The SMILES string of the molecule is COC(=O)CNC(=O)c1cccc(NC(=O)Cn2c(SC(F)F)nc3ccccc32)c1. The molecule has 8 nitrogen and oxygen atoms in total. The van der Waals surface area contributed by atoms with Gasteiger partial charge in [-0.1, -0.05) is 18.2 Å². The summed E-state index contributed by atoms with van der Waals surface area (Å²) in [6, 6.07) is 12.9. The number of ether oxygens (including phenoxy) is 1. The van der Waals surface area contributed by atoms with E-state index >= 15 is 0 Å². The Morgan fingerprint density at radius 2 is 1.94 bits per heavy atom. The first-order valence-corrected chi connectivity index (χ1v) is 9.90. The molecule has 3 rings (SSSR count). The summed E-state index contributed by atoms with van der Waals surface area (Å²) >= 11 is 0.263. The first-order valence-electron chi connectivity index (χ1n) is 9.02. The average molecular weight is 448 g/mol. The summed E-state index contributed by atoms with van der Waals surface area (Å²) in [6.07, 6.45) is 0. The number of imidazole rings is 1. The van der Waals surface area contributed by atoms with Crippen molar-refractivity contribution in [3.05, 3.63) is 54.1 Å². The second-order valence-corrected chi connectivity index (χ2v) is 7.19. The zero-order valence-corrected chi connectivity index (χ0v) is 17.1. The molecular formula is C20H18F2N4O4S. The monoisotopic (exact) mass is 448 g/mol. The molecule has 0 atom stereocenters. The van der Waals surface area contributed by atoms with Crippen LogP contribution in [-0.4, -0.2) is 46.7 Å². The van der Waals surface area contributed by atoms with E-state index < -0.39 is 23.5 Å². The molecule has 2 aromatic carbocycles. The van der Waals surface area contributed by atoms with Crippen LogP contribution in [0.4, 0.5) is 14.5 Å². The first kappa shape index (κ1) is 22.2. The number of fused-ring (bicyclic) bond motifs is 1. The molecule has 0 radical (unpaired) electrons. The second kappa shape index (κ2) is 10.0. The average Bonchev–Trinajstić information content (AvgIpc) is 3.08. The number of nitrogens with zero attached hydrogens (tertiary/aromatic N) is 2. The number of thioether (sulfide) groups is 1. The van der Waals surface area contributed by atoms with Gasteiger partial charge in [-0.05, 0) is 42.1 Å². The lowest BCUT2D eigenvalue weighted by Gasteiger charge is -2.11. The predicted octanol–water partition coefficient (Wildman–Crippen LogP) is 2.89. The zero-order chi connectivity index (χ0) is 22.4. The number of anilines is 1. The third-order valence-electron chi connectivity index (χ3n) is 4.15. The van der Waals surface area contributed by atoms with Gasteiger partial charge in [-0.3, -0.25) is 14.4 Å². The van der Waals surface area contributed by atoms with Gasteiger partial charge in [0.1, 0.15) is 13.1 Å². The molecule has 0 unspecified atom stereocenters. The van der Waals surface area contributed by atoms with Crippen LogP contribution in [0, 0.1) is 0 Å². The van der Waals surface area contributed by atoms with E-state index in [1.54, 1.807) is 36.4 Å². The fraction of sp³-hybridized carbons (Fsp3) is 0.200. The number of aromatic nitrogens is 2. The lowest BCUT2D eigenvalue weighted by molar-refractivity contribution is -0.139. The molecule has 0 spiro atoms. The normalized spacial score (nSPS) is 10.8. The summed E-state index contributed by atoms with van der Waals surface area (Å²) in [7, 11) is 1.21. The summed E-state index contributed by atoms with van der Waals surface area (Å²) in [5, 5.41) is 5.07. The van der Waals surface area contributed by atoms with Gasteiger partial charge < -0.3 is 19.9 Å². The van der Waals surface area contributed by atoms with Crippen molar-refractivity contribution in [2.75, 3.05) is 19.0 Å². The number of hydrogen-bond donors (Lipinski definition) is 2. The van der Waals surface area contributed by atoms with Crippen LogP contribution in [0.1, 0.15) is 10.4 Å². The maximum absolute atomic E-state index is 12.9. The predicted molar refractivity (Wildman–Crippen MR) is 111 cm³/mol. The summed E-state index contributed by atoms with van der Waals surface area (Å²) in [4.78, 5) is 40.0. The highest BCUT2D eigenvalue weighted by molar-refractivity contribution is 7.99. The van der Waals surface area contributed by atoms with Gasteiger partial charge in [0.05, 0.1) is 18.1 Å². The summed E-state index contributed by atoms with van der Waals surface area (Å²) < 4.78 is 31.7. The van der Waals surface area contributed by atoms with Crippen molar-refractivity contribution in [1.82, 2.24) is 14.9 Å². The quantitative estimate of drug-likeness (QED) is 0.406. The van der Waals surface area contributed by atoms with E-state index in [-0.39, 0.29) is 35.6 Å². The Kier molecular flexibility index (Phi) is 7.19. The smallest absolute Gasteiger partial charge is 0.325 e. The van der Waals surface area contributed by atoms with Crippen molar-refractivity contribution in [1.29, 1.82) is 0 Å². The minimum atomic E-state index is -2.68. The van der Waals surface area contributed by atoms with E-state index in [0.29, 0.717) is 16.7 Å². The van der Waals surface area contributed by atoms with Crippen molar-refractivity contribution in [2.45, 2.75) is 17.5 Å². The minimum Gasteiger partial charge on any atom is -0.468 e. The molecular weight excluding hydrogens is 430 g/mol. The molecule has 11 heteroatoms. The Hall–Kier alpha value is -3.47. The number of esters is 1. The van der Waals surface area contributed by atoms with Gasteiger partial charge in [0, 0.05) is 11.3 Å². The van der Waals surface area contributed by atoms with Crippen LogP contribution in [-0.2, 0) is 20.9 Å². The maximum Gasteiger partial charge on any atom is 0.325 e. The summed E-state index contributed by atoms with van der Waals surface area (Å²) in [6.45, 7) is -0.529. The number of benzene rings is 2. The van der Waals surface area contributed by atoms with Crippen LogP contribution in [0.3, 0.4) is 0 Å². The molecule has 3 aromatic rings. The van der Waals surface area contributed by atoms with Crippen molar-refractivity contribution in [3.63, 3.8) is 0 Å². The molecule has 1 aromatic heterocycles. The third-order valence-corrected chi connectivity index (χ3v) is 4.85. The molecule has 0 bridgehead atoms. The summed E-state index contributed by atoms with van der Waals surface area (Å²) in [5.74, 6) is -4.27. The van der Waals surface area contributed by atoms with Crippen LogP contribution >= 0.6 is 11.8 Å². The number of carbonyl (C=O) groups excluding carboxylic acids is 3. The Morgan fingerprint density at radius 1 is 1.16 bits per heavy atom. The fourth-order valence-electron chi connectivity index (χ4n) is 2.78. The molecule has 0 aliphatic rings. The van der Waals surface area contributed by atoms with Crippen molar-refractivity contribution >= 4 is 46.3 Å². The van der Waals surface area contributed by atoms with E-state index in [4.69, 9.17) is 0 Å². The van der Waals surface area contributed by atoms with Crippen LogP contribution in [0.15, 0.2) is 53.7 Å². The van der Waals surface area contributed by atoms with Crippen molar-refractivity contribution < 1.29 is 27.9 Å². The Balaban J connectivity index is 1.73.